The molecule has 0 bridgehead atoms. The SMILES string of the molecule is C[C@H]1C[C@](CCN)(c2ccccc2)[C@@H](C)CN1C. The maximum atomic E-state index is 5.91. The van der Waals surface area contributed by atoms with Crippen LogP contribution in [0.5, 0.6) is 0 Å². The summed E-state index contributed by atoms with van der Waals surface area (Å²) in [5.74, 6) is 0.657. The normalized spacial score (nSPS) is 33.6. The first kappa shape index (κ1) is 13.6. The number of piperidine rings is 1. The smallest absolute Gasteiger partial charge is 0.00726 e. The highest BCUT2D eigenvalue weighted by Gasteiger charge is 2.42. The van der Waals surface area contributed by atoms with Gasteiger partial charge in [0.2, 0.25) is 0 Å². The van der Waals surface area contributed by atoms with Gasteiger partial charge in [-0.3, -0.25) is 0 Å². The molecule has 1 aliphatic heterocycles. The molecule has 0 aliphatic carbocycles. The van der Waals surface area contributed by atoms with Gasteiger partial charge in [-0.2, -0.15) is 0 Å². The van der Waals surface area contributed by atoms with E-state index in [1.165, 1.54) is 12.0 Å². The zero-order valence-electron chi connectivity index (χ0n) is 11.9. The molecule has 18 heavy (non-hydrogen) atoms. The van der Waals surface area contributed by atoms with Crippen LogP contribution in [0.25, 0.3) is 0 Å². The van der Waals surface area contributed by atoms with E-state index in [0.717, 1.165) is 19.5 Å². The fourth-order valence-electron chi connectivity index (χ4n) is 3.59. The lowest BCUT2D eigenvalue weighted by atomic mass is 9.63. The van der Waals surface area contributed by atoms with Crippen LogP contribution in [0, 0.1) is 5.92 Å². The highest BCUT2D eigenvalue weighted by Crippen LogP contribution is 2.43. The van der Waals surface area contributed by atoms with Gasteiger partial charge in [-0.25, -0.2) is 0 Å². The van der Waals surface area contributed by atoms with Crippen LogP contribution in [-0.2, 0) is 5.41 Å². The van der Waals surface area contributed by atoms with E-state index < -0.39 is 0 Å². The van der Waals surface area contributed by atoms with Crippen molar-refractivity contribution >= 4 is 0 Å². The molecule has 1 fully saturated rings. The lowest BCUT2D eigenvalue weighted by Crippen LogP contribution is -2.52. The van der Waals surface area contributed by atoms with E-state index in [-0.39, 0.29) is 5.41 Å². The molecule has 1 heterocycles. The van der Waals surface area contributed by atoms with Crippen LogP contribution in [0.2, 0.25) is 0 Å². The summed E-state index contributed by atoms with van der Waals surface area (Å²) in [7, 11) is 2.23. The summed E-state index contributed by atoms with van der Waals surface area (Å²) in [6.07, 6.45) is 2.31. The van der Waals surface area contributed by atoms with E-state index in [1.807, 2.05) is 0 Å². The second-order valence-electron chi connectivity index (χ2n) is 5.95. The van der Waals surface area contributed by atoms with Crippen molar-refractivity contribution in [2.45, 2.75) is 38.1 Å². The maximum Gasteiger partial charge on any atom is 0.00726 e. The molecule has 1 aromatic carbocycles. The molecule has 0 unspecified atom stereocenters. The number of benzene rings is 1. The zero-order valence-corrected chi connectivity index (χ0v) is 11.9. The number of hydrogen-bond acceptors (Lipinski definition) is 2. The third-order valence-corrected chi connectivity index (χ3v) is 4.86. The van der Waals surface area contributed by atoms with E-state index in [1.54, 1.807) is 0 Å². The van der Waals surface area contributed by atoms with Gasteiger partial charge in [0.1, 0.15) is 0 Å². The summed E-state index contributed by atoms with van der Waals surface area (Å²) in [5, 5.41) is 0. The lowest BCUT2D eigenvalue weighted by molar-refractivity contribution is 0.0704. The van der Waals surface area contributed by atoms with Crippen LogP contribution in [0.3, 0.4) is 0 Å². The molecule has 2 heteroatoms. The number of likely N-dealkylation sites (tertiary alicyclic amines) is 1. The van der Waals surface area contributed by atoms with Crippen LogP contribution in [-0.4, -0.2) is 31.1 Å². The highest BCUT2D eigenvalue weighted by molar-refractivity contribution is 5.28. The number of hydrogen-bond donors (Lipinski definition) is 1. The van der Waals surface area contributed by atoms with Crippen LogP contribution in [0.1, 0.15) is 32.3 Å². The lowest BCUT2D eigenvalue weighted by Gasteiger charge is -2.49. The van der Waals surface area contributed by atoms with Gasteiger partial charge in [0.15, 0.2) is 0 Å². The first-order chi connectivity index (χ1) is 8.60. The standard InChI is InChI=1S/C16H26N2/c1-13-12-18(3)14(2)11-16(13,9-10-17)15-7-5-4-6-8-15/h4-8,13-14H,9-12,17H2,1-3H3/t13-,14-,16-/m0/s1. The summed E-state index contributed by atoms with van der Waals surface area (Å²) >= 11 is 0. The first-order valence-corrected chi connectivity index (χ1v) is 7.06. The van der Waals surface area contributed by atoms with Gasteiger partial charge in [0.25, 0.3) is 0 Å². The molecule has 0 radical (unpaired) electrons. The largest absolute Gasteiger partial charge is 0.330 e. The molecule has 0 saturated carbocycles. The molecule has 1 aliphatic rings. The highest BCUT2D eigenvalue weighted by atomic mass is 15.1. The minimum atomic E-state index is 0.266. The summed E-state index contributed by atoms with van der Waals surface area (Å²) < 4.78 is 0. The van der Waals surface area contributed by atoms with Crippen molar-refractivity contribution in [2.24, 2.45) is 11.7 Å². The number of rotatable bonds is 3. The van der Waals surface area contributed by atoms with Gasteiger partial charge in [-0.05, 0) is 44.8 Å². The second kappa shape index (κ2) is 5.41. The molecular formula is C16H26N2. The van der Waals surface area contributed by atoms with Gasteiger partial charge >= 0.3 is 0 Å². The van der Waals surface area contributed by atoms with Gasteiger partial charge in [0.05, 0.1) is 0 Å². The van der Waals surface area contributed by atoms with Crippen molar-refractivity contribution in [1.82, 2.24) is 4.90 Å². The summed E-state index contributed by atoms with van der Waals surface area (Å²) in [5.41, 5.74) is 7.65. The average molecular weight is 246 g/mol. The van der Waals surface area contributed by atoms with Crippen LogP contribution < -0.4 is 5.73 Å². The number of nitrogens with two attached hydrogens (primary N) is 1. The quantitative estimate of drug-likeness (QED) is 0.888. The van der Waals surface area contributed by atoms with Gasteiger partial charge in [0, 0.05) is 18.0 Å². The molecule has 0 aromatic heterocycles. The summed E-state index contributed by atoms with van der Waals surface area (Å²) in [6.45, 7) is 6.65. The van der Waals surface area contributed by atoms with Crippen LogP contribution in [0.4, 0.5) is 0 Å². The first-order valence-electron chi connectivity index (χ1n) is 7.06. The third kappa shape index (κ3) is 2.32. The molecule has 1 saturated heterocycles. The molecular weight excluding hydrogens is 220 g/mol. The fraction of sp³-hybridized carbons (Fsp3) is 0.625. The van der Waals surface area contributed by atoms with E-state index in [2.05, 4.69) is 56.1 Å². The second-order valence-corrected chi connectivity index (χ2v) is 5.95. The summed E-state index contributed by atoms with van der Waals surface area (Å²) in [6, 6.07) is 11.6. The topological polar surface area (TPSA) is 29.3 Å². The van der Waals surface area contributed by atoms with Crippen molar-refractivity contribution in [1.29, 1.82) is 0 Å². The maximum absolute atomic E-state index is 5.91. The average Bonchev–Trinajstić information content (AvgIpc) is 2.37. The van der Waals surface area contributed by atoms with E-state index in [4.69, 9.17) is 5.73 Å². The molecule has 2 N–H and O–H groups in total. The molecule has 1 aromatic rings. The van der Waals surface area contributed by atoms with Crippen molar-refractivity contribution in [3.05, 3.63) is 35.9 Å². The fourth-order valence-corrected chi connectivity index (χ4v) is 3.59. The molecule has 0 amide bonds. The predicted octanol–water partition coefficient (Wildman–Crippen LogP) is 2.63. The third-order valence-electron chi connectivity index (χ3n) is 4.86. The Balaban J connectivity index is 2.37. The molecule has 0 spiro atoms. The van der Waals surface area contributed by atoms with Crippen molar-refractivity contribution in [3.8, 4) is 0 Å². The Hall–Kier alpha value is -0.860. The minimum Gasteiger partial charge on any atom is -0.330 e. The van der Waals surface area contributed by atoms with Gasteiger partial charge < -0.3 is 10.6 Å². The van der Waals surface area contributed by atoms with Gasteiger partial charge in [-0.15, -0.1) is 0 Å². The molecule has 100 valence electrons. The van der Waals surface area contributed by atoms with E-state index in [0.29, 0.717) is 12.0 Å². The monoisotopic (exact) mass is 246 g/mol. The van der Waals surface area contributed by atoms with Gasteiger partial charge in [-0.1, -0.05) is 37.3 Å². The molecule has 3 atom stereocenters. The molecule has 2 rings (SSSR count). The Bertz CT molecular complexity index is 376. The summed E-state index contributed by atoms with van der Waals surface area (Å²) in [4.78, 5) is 2.47. The number of nitrogens with zero attached hydrogens (tertiary/aromatic N) is 1. The van der Waals surface area contributed by atoms with Crippen LogP contribution in [0.15, 0.2) is 30.3 Å². The van der Waals surface area contributed by atoms with Crippen LogP contribution >= 0.6 is 0 Å². The minimum absolute atomic E-state index is 0.266. The Morgan fingerprint density at radius 2 is 1.94 bits per heavy atom. The Kier molecular flexibility index (Phi) is 4.08. The Labute approximate surface area is 111 Å². The van der Waals surface area contributed by atoms with E-state index in [9.17, 15) is 0 Å². The molecule has 2 nitrogen and oxygen atoms in total. The predicted molar refractivity (Wildman–Crippen MR) is 77.7 cm³/mol. The van der Waals surface area contributed by atoms with Crippen molar-refractivity contribution in [2.75, 3.05) is 20.1 Å². The van der Waals surface area contributed by atoms with Crippen molar-refractivity contribution in [3.63, 3.8) is 0 Å². The van der Waals surface area contributed by atoms with Crippen molar-refractivity contribution < 1.29 is 0 Å². The van der Waals surface area contributed by atoms with E-state index >= 15 is 0 Å². The Morgan fingerprint density at radius 3 is 2.56 bits per heavy atom. The zero-order chi connectivity index (χ0) is 13.2. The Morgan fingerprint density at radius 1 is 1.28 bits per heavy atom.